The molecule has 0 saturated carbocycles. The van der Waals surface area contributed by atoms with Crippen LogP contribution < -0.4 is 20.8 Å². The number of amides is 1. The molecule has 17 nitrogen and oxygen atoms in total. The summed E-state index contributed by atoms with van der Waals surface area (Å²) in [6, 6.07) is 0. The van der Waals surface area contributed by atoms with Crippen molar-refractivity contribution >= 4 is 40.1 Å². The van der Waals surface area contributed by atoms with Crippen molar-refractivity contribution in [1.29, 1.82) is 0 Å². The van der Waals surface area contributed by atoms with Crippen molar-refractivity contribution in [3.05, 3.63) is 70.6 Å². The smallest absolute Gasteiger partial charge is 0.312 e. The number of Topliss-reactive ketones (excluding diaryl/α,β-unsaturated/α-hetero) is 1. The lowest BCUT2D eigenvalue weighted by Gasteiger charge is -2.38. The van der Waals surface area contributed by atoms with Gasteiger partial charge in [-0.05, 0) is 39.3 Å². The average Bonchev–Trinajstić information content (AvgIpc) is 4.00. The summed E-state index contributed by atoms with van der Waals surface area (Å²) >= 11 is 0. The zero-order valence-corrected chi connectivity index (χ0v) is 42.9. The monoisotopic (exact) mass is 984 g/mol. The van der Waals surface area contributed by atoms with Crippen LogP contribution in [0.25, 0.3) is 10.8 Å². The van der Waals surface area contributed by atoms with Crippen molar-refractivity contribution in [2.45, 2.75) is 130 Å². The van der Waals surface area contributed by atoms with Crippen LogP contribution in [0.15, 0.2) is 58.8 Å². The number of hydrogen-bond donors (Lipinski definition) is 5. The number of aliphatic hydroxyl groups is 2. The summed E-state index contributed by atoms with van der Waals surface area (Å²) in [5.74, 6) is -8.16. The normalized spacial score (nSPS) is 32.0. The number of allylic oxidation sites excluding steroid dienone is 4. The van der Waals surface area contributed by atoms with Crippen molar-refractivity contribution in [3.8, 4) is 17.2 Å². The predicted molar refractivity (Wildman–Crippen MR) is 266 cm³/mol. The number of nitrogens with one attached hydrogen (secondary N) is 1. The summed E-state index contributed by atoms with van der Waals surface area (Å²) in [4.78, 5) is 69.3. The van der Waals surface area contributed by atoms with E-state index in [1.807, 2.05) is 14.0 Å². The number of rotatable bonds is 8. The molecule has 1 amide bonds. The van der Waals surface area contributed by atoms with E-state index in [2.05, 4.69) is 40.5 Å². The number of aliphatic hydroxyl groups excluding tert-OH is 2. The molecule has 71 heavy (non-hydrogen) atoms. The first-order valence-electron chi connectivity index (χ1n) is 25.1. The summed E-state index contributed by atoms with van der Waals surface area (Å²) < 4.78 is 24.3. The van der Waals surface area contributed by atoms with Gasteiger partial charge in [0.1, 0.15) is 40.1 Å². The molecule has 10 atom stereocenters. The molecule has 1 spiro atoms. The number of nitrogens with zero attached hydrogens (tertiary/aromatic N) is 4. The Morgan fingerprint density at radius 3 is 2.25 bits per heavy atom. The quantitative estimate of drug-likeness (QED) is 0.124. The Balaban J connectivity index is 1.29. The van der Waals surface area contributed by atoms with E-state index in [0.717, 1.165) is 13.1 Å². The molecule has 6 aliphatic heterocycles. The zero-order valence-electron chi connectivity index (χ0n) is 42.9. The third-order valence-corrected chi connectivity index (χ3v) is 15.2. The second kappa shape index (κ2) is 21.2. The van der Waals surface area contributed by atoms with Gasteiger partial charge >= 0.3 is 17.7 Å². The van der Waals surface area contributed by atoms with Crippen molar-refractivity contribution in [3.63, 3.8) is 0 Å². The number of likely N-dealkylation sites (tertiary alicyclic amines) is 2. The average molecular weight is 984 g/mol. The molecule has 2 aromatic rings. The molecule has 5 N–H and O–H groups in total. The van der Waals surface area contributed by atoms with Gasteiger partial charge in [-0.2, -0.15) is 0 Å². The first kappa shape index (κ1) is 53.2. The van der Waals surface area contributed by atoms with Crippen LogP contribution in [-0.4, -0.2) is 129 Å². The van der Waals surface area contributed by atoms with Crippen LogP contribution in [0.2, 0.25) is 0 Å². The molecule has 8 rings (SSSR count). The molecule has 386 valence electrons. The number of aromatic hydroxyl groups is 2. The van der Waals surface area contributed by atoms with Gasteiger partial charge in [0, 0.05) is 98.6 Å². The number of phenols is 2. The fourth-order valence-electron chi connectivity index (χ4n) is 10.7. The fraction of sp³-hybridized carbons (Fsp3) is 0.593. The molecular formula is C54H73N5O12. The van der Waals surface area contributed by atoms with E-state index in [1.54, 1.807) is 58.9 Å². The summed E-state index contributed by atoms with van der Waals surface area (Å²) in [6.07, 6.45) is 7.24. The molecule has 17 heteroatoms. The number of ketones is 1. The van der Waals surface area contributed by atoms with Crippen molar-refractivity contribution < 1.29 is 58.6 Å². The minimum atomic E-state index is -1.99. The van der Waals surface area contributed by atoms with Crippen molar-refractivity contribution in [2.24, 2.45) is 45.5 Å². The highest BCUT2D eigenvalue weighted by Crippen LogP contribution is 2.51. The number of likely N-dealkylation sites (N-methyl/N-ethyl adjacent to an activating group) is 1. The third-order valence-electron chi connectivity index (χ3n) is 15.2. The third kappa shape index (κ3) is 10.8. The standard InChI is InChI=1S/C54H73N5O12/c1-12-35-19-25-68-53(10)51(66)41-39-40(47(64)34(9)50(41)71-53)48(65)44(43-42(39)56-54(57-43)20-23-59(24-21-54)26-28(2)3)55-52(67)30(5)15-13-14-29(4)45(62)32(7)46(63)33(8)49(31(35)6)70-38(61)17-16-37(60)69-36-18-22-58(11)27-36/h12-15,19,25,28-29,31-33,35-36,45-46,49,56,62-65H,1,16-18,20-24,26-27H2,2-11H3/b14-13+,25-19+,30-15-,55-44?/t29-,31+,32+,33+,35-,36?,45-,46+,49+,53-/m0/s1. The fourth-order valence-corrected chi connectivity index (χ4v) is 10.7. The number of carbonyl (C=O) groups excluding carboxylic acids is 4. The number of fused-ring (bicyclic) bond motifs is 13. The minimum absolute atomic E-state index is 0.0385. The maximum Gasteiger partial charge on any atom is 0.312 e. The van der Waals surface area contributed by atoms with Crippen LogP contribution in [-0.2, 0) is 28.6 Å². The summed E-state index contributed by atoms with van der Waals surface area (Å²) in [6.45, 7) is 23.7. The van der Waals surface area contributed by atoms with Crippen LogP contribution >= 0.6 is 0 Å². The van der Waals surface area contributed by atoms with Gasteiger partial charge in [-0.15, -0.1) is 6.58 Å². The van der Waals surface area contributed by atoms with Crippen LogP contribution in [0, 0.1) is 42.4 Å². The number of hydrogen-bond acceptors (Lipinski definition) is 16. The Hall–Kier alpha value is -5.62. The summed E-state index contributed by atoms with van der Waals surface area (Å²) in [7, 11) is 1.94. The Kier molecular flexibility index (Phi) is 15.9. The van der Waals surface area contributed by atoms with Gasteiger partial charge in [0.25, 0.3) is 11.7 Å². The second-order valence-corrected chi connectivity index (χ2v) is 21.1. The van der Waals surface area contributed by atoms with E-state index in [9.17, 15) is 39.6 Å². The Bertz CT molecular complexity index is 2650. The molecule has 5 bridgehead atoms. The SMILES string of the molecule is C=C[C@H]1/C=C/O[C@@]2(C)Oc3c(C)c(O)c4c(O)c(c5c(c4c3C2=O)NC2(CCN(CC(C)C)CC2)N=5)=NC(=O)/C(C)=C\C=C\[C@H](C)[C@H](O)[C@@H](C)[C@@H](O)[C@@H](C)[C@H](OC(=O)CCC(=O)OC2CCN(C)C2)[C@@H]1C. The van der Waals surface area contributed by atoms with Crippen LogP contribution in [0.5, 0.6) is 17.2 Å². The van der Waals surface area contributed by atoms with E-state index >= 15 is 0 Å². The van der Waals surface area contributed by atoms with Gasteiger partial charge in [-0.3, -0.25) is 24.2 Å². The topological polar surface area (TPSA) is 229 Å². The number of carbonyl (C=O) groups is 4. The number of phenolic OH excluding ortho intramolecular Hbond substituents is 2. The van der Waals surface area contributed by atoms with E-state index in [1.165, 1.54) is 19.3 Å². The van der Waals surface area contributed by atoms with Crippen LogP contribution in [0.1, 0.15) is 103 Å². The lowest BCUT2D eigenvalue weighted by molar-refractivity contribution is -0.163. The van der Waals surface area contributed by atoms with E-state index in [4.69, 9.17) is 23.9 Å². The molecule has 6 heterocycles. The first-order valence-corrected chi connectivity index (χ1v) is 25.1. The van der Waals surface area contributed by atoms with Crippen molar-refractivity contribution in [1.82, 2.24) is 9.80 Å². The minimum Gasteiger partial charge on any atom is -0.507 e. The summed E-state index contributed by atoms with van der Waals surface area (Å²) in [5, 5.41) is 51.3. The first-order chi connectivity index (χ1) is 33.5. The highest BCUT2D eigenvalue weighted by atomic mass is 16.7. The maximum absolute atomic E-state index is 14.9. The van der Waals surface area contributed by atoms with E-state index in [0.29, 0.717) is 50.5 Å². The Labute approximate surface area is 416 Å². The molecular weight excluding hydrogens is 911 g/mol. The number of piperidine rings is 1. The molecule has 2 aromatic carbocycles. The molecule has 1 unspecified atom stereocenters. The number of esters is 2. The van der Waals surface area contributed by atoms with Crippen LogP contribution in [0.4, 0.5) is 5.69 Å². The highest BCUT2D eigenvalue weighted by molar-refractivity contribution is 6.21. The lowest BCUT2D eigenvalue weighted by atomic mass is 9.76. The summed E-state index contributed by atoms with van der Waals surface area (Å²) in [5.41, 5.74) is -0.197. The van der Waals surface area contributed by atoms with Crippen LogP contribution in [0.3, 0.4) is 0 Å². The molecule has 0 radical (unpaired) electrons. The van der Waals surface area contributed by atoms with Crippen molar-refractivity contribution in [2.75, 3.05) is 45.1 Å². The van der Waals surface area contributed by atoms with Gasteiger partial charge in [-0.1, -0.05) is 65.8 Å². The van der Waals surface area contributed by atoms with Gasteiger partial charge in [0.05, 0.1) is 47.9 Å². The Morgan fingerprint density at radius 1 is 0.944 bits per heavy atom. The molecule has 2 saturated heterocycles. The van der Waals surface area contributed by atoms with Gasteiger partial charge < -0.3 is 54.5 Å². The predicted octanol–water partition coefficient (Wildman–Crippen LogP) is 5.54. The lowest BCUT2D eigenvalue weighted by Crippen LogP contribution is -2.47. The second-order valence-electron chi connectivity index (χ2n) is 21.1. The largest absolute Gasteiger partial charge is 0.507 e. The highest BCUT2D eigenvalue weighted by Gasteiger charge is 2.51. The molecule has 0 aliphatic carbocycles. The number of ether oxygens (including phenoxy) is 4. The number of anilines is 1. The molecule has 0 aromatic heterocycles. The Morgan fingerprint density at radius 2 is 1.62 bits per heavy atom. The van der Waals surface area contributed by atoms with Gasteiger partial charge in [-0.25, -0.2) is 4.99 Å². The van der Waals surface area contributed by atoms with Gasteiger partial charge in [0.2, 0.25) is 0 Å². The molecule has 6 aliphatic rings. The van der Waals surface area contributed by atoms with E-state index in [-0.39, 0.29) is 68.6 Å². The molecule has 2 fully saturated rings. The van der Waals surface area contributed by atoms with Gasteiger partial charge in [0.15, 0.2) is 5.75 Å². The number of benzene rings is 2. The van der Waals surface area contributed by atoms with E-state index < -0.39 is 88.7 Å². The maximum atomic E-state index is 14.9. The zero-order chi connectivity index (χ0) is 51.9.